The minimum atomic E-state index is 0.102. The summed E-state index contributed by atoms with van der Waals surface area (Å²) in [4.78, 5) is 19.2. The molecule has 0 aliphatic carbocycles. The number of ether oxygens (including phenoxy) is 1. The lowest BCUT2D eigenvalue weighted by atomic mass is 9.99. The summed E-state index contributed by atoms with van der Waals surface area (Å²) in [5.74, 6) is 0.972. The van der Waals surface area contributed by atoms with Crippen LogP contribution in [0.2, 0.25) is 0 Å². The Morgan fingerprint density at radius 2 is 2.19 bits per heavy atom. The Bertz CT molecular complexity index is 763. The van der Waals surface area contributed by atoms with Crippen LogP contribution in [-0.4, -0.2) is 42.0 Å². The van der Waals surface area contributed by atoms with Crippen LogP contribution in [0, 0.1) is 0 Å². The zero-order chi connectivity index (χ0) is 19.1. The van der Waals surface area contributed by atoms with Gasteiger partial charge in [-0.2, -0.15) is 0 Å². The van der Waals surface area contributed by atoms with E-state index in [0.29, 0.717) is 11.6 Å². The van der Waals surface area contributed by atoms with Crippen LogP contribution in [0.4, 0.5) is 5.69 Å². The molecule has 1 N–H and O–H groups in total. The molecule has 1 aliphatic heterocycles. The quantitative estimate of drug-likeness (QED) is 0.799. The van der Waals surface area contributed by atoms with Crippen molar-refractivity contribution in [1.29, 1.82) is 0 Å². The molecule has 3 rings (SSSR count). The average molecular weight is 367 g/mol. The second kappa shape index (κ2) is 9.40. The van der Waals surface area contributed by atoms with Crippen LogP contribution < -0.4 is 10.1 Å². The van der Waals surface area contributed by atoms with Gasteiger partial charge in [0, 0.05) is 31.5 Å². The number of hydrogen-bond acceptors (Lipinski definition) is 4. The van der Waals surface area contributed by atoms with E-state index in [1.807, 2.05) is 29.2 Å². The summed E-state index contributed by atoms with van der Waals surface area (Å²) in [6.45, 7) is 3.78. The van der Waals surface area contributed by atoms with E-state index in [-0.39, 0.29) is 5.91 Å². The minimum absolute atomic E-state index is 0.102. The number of likely N-dealkylation sites (tertiary alicyclic amines) is 1. The molecule has 1 aromatic heterocycles. The molecule has 144 valence electrons. The summed E-state index contributed by atoms with van der Waals surface area (Å²) < 4.78 is 5.26. The minimum Gasteiger partial charge on any atom is -0.497 e. The number of anilines is 1. The van der Waals surface area contributed by atoms with Crippen LogP contribution in [0.5, 0.6) is 5.75 Å². The highest BCUT2D eigenvalue weighted by molar-refractivity contribution is 5.95. The molecule has 1 aliphatic rings. The number of nitrogens with one attached hydrogen (secondary N) is 1. The molecule has 0 bridgehead atoms. The Hall–Kier alpha value is -2.56. The standard InChI is InChI=1S/C22H29N3O2/c1-3-20-8-4-5-12-25(20)22(26)18-14-19(16-23-15-18)24-11-10-17-7-6-9-21(13-17)27-2/h6-7,9,13-16,20,24H,3-5,8,10-12H2,1-2H3. The van der Waals surface area contributed by atoms with Crippen molar-refractivity contribution in [2.24, 2.45) is 0 Å². The van der Waals surface area contributed by atoms with Gasteiger partial charge < -0.3 is 15.0 Å². The summed E-state index contributed by atoms with van der Waals surface area (Å²) in [5.41, 5.74) is 2.76. The number of pyridine rings is 1. The maximum Gasteiger partial charge on any atom is 0.255 e. The zero-order valence-corrected chi connectivity index (χ0v) is 16.3. The van der Waals surface area contributed by atoms with Crippen LogP contribution in [0.25, 0.3) is 0 Å². The van der Waals surface area contributed by atoms with E-state index in [9.17, 15) is 4.79 Å². The highest BCUT2D eigenvalue weighted by Crippen LogP contribution is 2.22. The lowest BCUT2D eigenvalue weighted by Crippen LogP contribution is -2.43. The highest BCUT2D eigenvalue weighted by atomic mass is 16.5. The molecule has 5 nitrogen and oxygen atoms in total. The van der Waals surface area contributed by atoms with Crippen molar-refractivity contribution in [3.8, 4) is 5.75 Å². The third-order valence-electron chi connectivity index (χ3n) is 5.22. The number of piperidine rings is 1. The lowest BCUT2D eigenvalue weighted by molar-refractivity contribution is 0.0607. The summed E-state index contributed by atoms with van der Waals surface area (Å²) in [6, 6.07) is 10.3. The van der Waals surface area contributed by atoms with Gasteiger partial charge in [-0.25, -0.2) is 0 Å². The van der Waals surface area contributed by atoms with E-state index in [1.54, 1.807) is 19.5 Å². The second-order valence-corrected chi connectivity index (χ2v) is 7.05. The summed E-state index contributed by atoms with van der Waals surface area (Å²) in [5, 5.41) is 3.38. The number of carbonyl (C=O) groups is 1. The molecule has 1 amide bonds. The molecule has 1 fully saturated rings. The van der Waals surface area contributed by atoms with Gasteiger partial charge in [0.1, 0.15) is 5.75 Å². The fraction of sp³-hybridized carbons (Fsp3) is 0.455. The Morgan fingerprint density at radius 3 is 3.00 bits per heavy atom. The number of carbonyl (C=O) groups excluding carboxylic acids is 1. The van der Waals surface area contributed by atoms with Crippen molar-refractivity contribution in [3.63, 3.8) is 0 Å². The smallest absolute Gasteiger partial charge is 0.255 e. The normalized spacial score (nSPS) is 16.8. The van der Waals surface area contributed by atoms with E-state index >= 15 is 0 Å². The molecular weight excluding hydrogens is 338 g/mol. The summed E-state index contributed by atoms with van der Waals surface area (Å²) in [7, 11) is 1.68. The molecule has 0 spiro atoms. The topological polar surface area (TPSA) is 54.5 Å². The monoisotopic (exact) mass is 367 g/mol. The Labute approximate surface area is 161 Å². The van der Waals surface area contributed by atoms with Gasteiger partial charge in [0.15, 0.2) is 0 Å². The first-order valence-corrected chi connectivity index (χ1v) is 9.84. The molecule has 2 heterocycles. The van der Waals surface area contributed by atoms with Gasteiger partial charge in [0.25, 0.3) is 5.91 Å². The molecule has 27 heavy (non-hydrogen) atoms. The van der Waals surface area contributed by atoms with E-state index in [2.05, 4.69) is 23.3 Å². The highest BCUT2D eigenvalue weighted by Gasteiger charge is 2.26. The van der Waals surface area contributed by atoms with Gasteiger partial charge in [0.2, 0.25) is 0 Å². The number of rotatable bonds is 7. The molecule has 1 aromatic carbocycles. The average Bonchev–Trinajstić information content (AvgIpc) is 2.73. The lowest BCUT2D eigenvalue weighted by Gasteiger charge is -2.35. The summed E-state index contributed by atoms with van der Waals surface area (Å²) >= 11 is 0. The SMILES string of the molecule is CCC1CCCCN1C(=O)c1cncc(NCCc2cccc(OC)c2)c1. The fourth-order valence-electron chi connectivity index (χ4n) is 3.69. The molecule has 2 aromatic rings. The van der Waals surface area contributed by atoms with Gasteiger partial charge in [-0.05, 0) is 55.9 Å². The van der Waals surface area contributed by atoms with Crippen molar-refractivity contribution in [3.05, 3.63) is 53.9 Å². The second-order valence-electron chi connectivity index (χ2n) is 7.05. The first-order chi connectivity index (χ1) is 13.2. The number of nitrogens with zero attached hydrogens (tertiary/aromatic N) is 2. The largest absolute Gasteiger partial charge is 0.497 e. The van der Waals surface area contributed by atoms with E-state index < -0.39 is 0 Å². The third-order valence-corrected chi connectivity index (χ3v) is 5.22. The molecule has 1 atom stereocenters. The van der Waals surface area contributed by atoms with Gasteiger partial charge in [-0.3, -0.25) is 9.78 Å². The van der Waals surface area contributed by atoms with Gasteiger partial charge in [-0.1, -0.05) is 19.1 Å². The van der Waals surface area contributed by atoms with Gasteiger partial charge in [0.05, 0.1) is 18.4 Å². The Kier molecular flexibility index (Phi) is 6.69. The van der Waals surface area contributed by atoms with Crippen LogP contribution in [0.3, 0.4) is 0 Å². The van der Waals surface area contributed by atoms with Crippen molar-refractivity contribution >= 4 is 11.6 Å². The fourth-order valence-corrected chi connectivity index (χ4v) is 3.69. The van der Waals surface area contributed by atoms with Crippen molar-refractivity contribution in [2.45, 2.75) is 45.1 Å². The Morgan fingerprint density at radius 1 is 1.30 bits per heavy atom. The van der Waals surface area contributed by atoms with Crippen LogP contribution in [-0.2, 0) is 6.42 Å². The Balaban J connectivity index is 1.60. The molecular formula is C22H29N3O2. The maximum absolute atomic E-state index is 12.9. The van der Waals surface area contributed by atoms with E-state index in [4.69, 9.17) is 4.74 Å². The number of methoxy groups -OCH3 is 1. The number of benzene rings is 1. The zero-order valence-electron chi connectivity index (χ0n) is 16.3. The number of amides is 1. The molecule has 1 saturated heterocycles. The van der Waals surface area contributed by atoms with Crippen LogP contribution in [0.1, 0.15) is 48.5 Å². The van der Waals surface area contributed by atoms with Gasteiger partial charge in [-0.15, -0.1) is 0 Å². The van der Waals surface area contributed by atoms with E-state index in [1.165, 1.54) is 12.0 Å². The molecule has 1 unspecified atom stereocenters. The molecule has 0 saturated carbocycles. The molecule has 5 heteroatoms. The van der Waals surface area contributed by atoms with Crippen LogP contribution in [0.15, 0.2) is 42.7 Å². The predicted molar refractivity (Wildman–Crippen MR) is 108 cm³/mol. The number of aromatic nitrogens is 1. The van der Waals surface area contributed by atoms with Crippen molar-refractivity contribution in [1.82, 2.24) is 9.88 Å². The van der Waals surface area contributed by atoms with Crippen molar-refractivity contribution < 1.29 is 9.53 Å². The molecule has 0 radical (unpaired) electrons. The predicted octanol–water partition coefficient (Wildman–Crippen LogP) is 4.15. The van der Waals surface area contributed by atoms with Crippen LogP contribution >= 0.6 is 0 Å². The summed E-state index contributed by atoms with van der Waals surface area (Å²) in [6.07, 6.45) is 8.75. The van der Waals surface area contributed by atoms with Gasteiger partial charge >= 0.3 is 0 Å². The van der Waals surface area contributed by atoms with E-state index in [0.717, 1.165) is 50.2 Å². The number of hydrogen-bond donors (Lipinski definition) is 1. The third kappa shape index (κ3) is 5.00. The maximum atomic E-state index is 12.9. The first-order valence-electron chi connectivity index (χ1n) is 9.84. The van der Waals surface area contributed by atoms with Crippen molar-refractivity contribution in [2.75, 3.05) is 25.5 Å². The first kappa shape index (κ1) is 19.2.